The molecule has 4 aliphatic rings. The molecule has 4 fully saturated rings. The second kappa shape index (κ2) is 15.9. The number of fused-ring (bicyclic) bond motifs is 3. The summed E-state index contributed by atoms with van der Waals surface area (Å²) in [6.07, 6.45) is 9.69. The monoisotopic (exact) mass is 824 g/mol. The lowest BCUT2D eigenvalue weighted by atomic mass is 9.97. The molecule has 2 aromatic heterocycles. The third-order valence-electron chi connectivity index (χ3n) is 13.4. The summed E-state index contributed by atoms with van der Waals surface area (Å²) in [5.74, 6) is 1.37. The fraction of sp³-hybridized carbons (Fsp3) is 0.404. The number of aromatic nitrogens is 4. The maximum atomic E-state index is 13.9. The minimum absolute atomic E-state index is 0.0912. The van der Waals surface area contributed by atoms with Gasteiger partial charge in [-0.1, -0.05) is 68.5 Å². The van der Waals surface area contributed by atoms with Gasteiger partial charge in [-0.3, -0.25) is 9.59 Å². The van der Waals surface area contributed by atoms with Gasteiger partial charge in [0.2, 0.25) is 11.8 Å². The van der Waals surface area contributed by atoms with Crippen LogP contribution in [0.25, 0.3) is 44.4 Å². The van der Waals surface area contributed by atoms with E-state index in [4.69, 9.17) is 19.4 Å². The second-order valence-electron chi connectivity index (χ2n) is 17.5. The highest BCUT2D eigenvalue weighted by Crippen LogP contribution is 2.58. The van der Waals surface area contributed by atoms with Gasteiger partial charge in [0, 0.05) is 18.2 Å². The number of hydrogen-bond donors (Lipinski definition) is 4. The Balaban J connectivity index is 0.892. The minimum atomic E-state index is -0.885. The Labute approximate surface area is 354 Å². The molecule has 2 saturated carbocycles. The summed E-state index contributed by atoms with van der Waals surface area (Å²) in [5.41, 5.74) is 6.03. The molecule has 5 aromatic rings. The Morgan fingerprint density at radius 3 is 2.08 bits per heavy atom. The van der Waals surface area contributed by atoms with Crippen LogP contribution in [-0.2, 0) is 19.1 Å². The molecule has 2 saturated heterocycles. The maximum absolute atomic E-state index is 13.9. The topological polar surface area (TPSA) is 175 Å². The van der Waals surface area contributed by atoms with Crippen molar-refractivity contribution in [2.75, 3.05) is 20.8 Å². The van der Waals surface area contributed by atoms with Crippen LogP contribution in [-0.4, -0.2) is 92.6 Å². The zero-order valence-electron chi connectivity index (χ0n) is 34.9. The number of rotatable bonds is 11. The van der Waals surface area contributed by atoms with E-state index in [0.29, 0.717) is 6.54 Å². The van der Waals surface area contributed by atoms with E-state index in [1.54, 1.807) is 0 Å². The van der Waals surface area contributed by atoms with Gasteiger partial charge >= 0.3 is 12.2 Å². The highest BCUT2D eigenvalue weighted by atomic mass is 16.5. The SMILES string of the molecule is C=C[C@H](NC(=O)OC)C(=O)N1[C@@H]2CC[C@@H](C2)[C@H]1c1ncc(-c2ccc(-c3ccc4cc(-c5cnc([C@@H]6CC7(CC7)CN6C(=O)[C@@H](NC(=O)OC)C(C)C)[nH]5)ccc4c3)cc2)[nH]1. The van der Waals surface area contributed by atoms with E-state index in [1.807, 2.05) is 36.0 Å². The van der Waals surface area contributed by atoms with E-state index < -0.39 is 24.3 Å². The van der Waals surface area contributed by atoms with Crippen molar-refractivity contribution >= 4 is 34.8 Å². The van der Waals surface area contributed by atoms with Crippen LogP contribution in [0, 0.1) is 17.3 Å². The first-order chi connectivity index (χ1) is 29.5. The van der Waals surface area contributed by atoms with Gasteiger partial charge in [-0.2, -0.15) is 0 Å². The Morgan fingerprint density at radius 1 is 0.803 bits per heavy atom. The van der Waals surface area contributed by atoms with E-state index in [1.165, 1.54) is 20.3 Å². The summed E-state index contributed by atoms with van der Waals surface area (Å²) < 4.78 is 9.56. The number of likely N-dealkylation sites (tertiary alicyclic amines) is 2. The van der Waals surface area contributed by atoms with Gasteiger partial charge in [-0.05, 0) is 95.4 Å². The van der Waals surface area contributed by atoms with Crippen molar-refractivity contribution in [2.45, 2.75) is 82.6 Å². The van der Waals surface area contributed by atoms with E-state index >= 15 is 0 Å². The van der Waals surface area contributed by atoms with Gasteiger partial charge in [0.05, 0.1) is 50.1 Å². The van der Waals surface area contributed by atoms with Gasteiger partial charge in [-0.15, -0.1) is 6.58 Å². The van der Waals surface area contributed by atoms with Crippen molar-refractivity contribution in [1.29, 1.82) is 0 Å². The van der Waals surface area contributed by atoms with E-state index in [-0.39, 0.29) is 47.2 Å². The average molecular weight is 825 g/mol. The fourth-order valence-electron chi connectivity index (χ4n) is 9.90. The highest BCUT2D eigenvalue weighted by Gasteiger charge is 2.55. The molecule has 316 valence electrons. The van der Waals surface area contributed by atoms with Crippen molar-refractivity contribution in [1.82, 2.24) is 40.4 Å². The van der Waals surface area contributed by atoms with Crippen LogP contribution in [0.3, 0.4) is 0 Å². The summed E-state index contributed by atoms with van der Waals surface area (Å²) in [6, 6.07) is 19.3. The van der Waals surface area contributed by atoms with Crippen LogP contribution in [0.5, 0.6) is 0 Å². The number of piperidine rings is 1. The predicted molar refractivity (Wildman–Crippen MR) is 230 cm³/mol. The van der Waals surface area contributed by atoms with Gasteiger partial charge in [0.25, 0.3) is 0 Å². The summed E-state index contributed by atoms with van der Waals surface area (Å²) >= 11 is 0. The molecule has 1 spiro atoms. The van der Waals surface area contributed by atoms with Crippen molar-refractivity contribution in [3.63, 3.8) is 0 Å². The molecule has 2 aliphatic heterocycles. The van der Waals surface area contributed by atoms with Crippen LogP contribution in [0.4, 0.5) is 9.59 Å². The lowest BCUT2D eigenvalue weighted by molar-refractivity contribution is -0.137. The number of imidazole rings is 2. The van der Waals surface area contributed by atoms with Crippen molar-refractivity contribution < 1.29 is 28.7 Å². The van der Waals surface area contributed by atoms with Gasteiger partial charge in [0.1, 0.15) is 23.7 Å². The van der Waals surface area contributed by atoms with Crippen LogP contribution in [0.2, 0.25) is 0 Å². The lowest BCUT2D eigenvalue weighted by Gasteiger charge is -2.36. The van der Waals surface area contributed by atoms with Crippen LogP contribution in [0.15, 0.2) is 85.7 Å². The number of nitrogens with one attached hydrogen (secondary N) is 4. The molecule has 61 heavy (non-hydrogen) atoms. The predicted octanol–water partition coefficient (Wildman–Crippen LogP) is 7.68. The second-order valence-corrected chi connectivity index (χ2v) is 17.5. The van der Waals surface area contributed by atoms with Crippen LogP contribution >= 0.6 is 0 Å². The van der Waals surface area contributed by atoms with E-state index in [2.05, 4.69) is 87.8 Å². The zero-order chi connectivity index (χ0) is 42.6. The molecule has 4 N–H and O–H groups in total. The van der Waals surface area contributed by atoms with E-state index in [9.17, 15) is 19.2 Å². The summed E-state index contributed by atoms with van der Waals surface area (Å²) in [6.45, 7) is 8.28. The van der Waals surface area contributed by atoms with E-state index in [0.717, 1.165) is 94.6 Å². The molecule has 2 aliphatic carbocycles. The molecule has 0 unspecified atom stereocenters. The maximum Gasteiger partial charge on any atom is 0.407 e. The number of carbonyl (C=O) groups is 4. The molecule has 3 aromatic carbocycles. The molecule has 4 heterocycles. The summed E-state index contributed by atoms with van der Waals surface area (Å²) in [5, 5.41) is 7.55. The third kappa shape index (κ3) is 7.52. The molecule has 14 nitrogen and oxygen atoms in total. The molecule has 4 amide bonds. The van der Waals surface area contributed by atoms with Crippen molar-refractivity contribution in [3.8, 4) is 33.6 Å². The molecule has 2 bridgehead atoms. The Morgan fingerprint density at radius 2 is 1.41 bits per heavy atom. The summed E-state index contributed by atoms with van der Waals surface area (Å²) in [7, 11) is 2.58. The number of methoxy groups -OCH3 is 2. The number of H-pyrrole nitrogens is 2. The number of alkyl carbamates (subject to hydrolysis) is 2. The van der Waals surface area contributed by atoms with Gasteiger partial charge < -0.3 is 39.9 Å². The molecular weight excluding hydrogens is 773 g/mol. The lowest BCUT2D eigenvalue weighted by Crippen LogP contribution is -2.51. The molecule has 0 radical (unpaired) electrons. The number of aromatic amines is 2. The van der Waals surface area contributed by atoms with Crippen LogP contribution in [0.1, 0.15) is 76.1 Å². The van der Waals surface area contributed by atoms with Crippen molar-refractivity contribution in [2.24, 2.45) is 17.3 Å². The number of ether oxygens (including phenoxy) is 2. The zero-order valence-corrected chi connectivity index (χ0v) is 34.9. The largest absolute Gasteiger partial charge is 0.453 e. The first-order valence-corrected chi connectivity index (χ1v) is 21.2. The molecule has 6 atom stereocenters. The Hall–Kier alpha value is -6.44. The molecule has 9 rings (SSSR count). The number of hydrogen-bond acceptors (Lipinski definition) is 8. The normalized spacial score (nSPS) is 22.0. The average Bonchev–Trinajstić information content (AvgIpc) is 3.91. The number of benzene rings is 3. The van der Waals surface area contributed by atoms with Gasteiger partial charge in [-0.25, -0.2) is 19.6 Å². The Kier molecular flexibility index (Phi) is 10.4. The molecule has 14 heteroatoms. The standard InChI is InChI=1S/C47H52N8O6/c1-6-35(52-45(58)60-4)43(56)55-34-16-15-33(21-34)40(55)42-49-23-36(51-42)28-9-7-27(8-10-28)29-11-12-31-20-32(14-13-30(31)19-29)37-24-48-41(50-37)38-22-47(17-18-47)25-54(38)44(57)39(26(2)3)53-46(59)61-5/h6-14,19-20,23-24,26,33-35,38-40H,1,15-18,21-22,25H2,2-5H3,(H,48,50)(H,49,51)(H,52,58)(H,53,59)/t33-,34+,35-,38-,39-,40-/m0/s1. The smallest absolute Gasteiger partial charge is 0.407 e. The number of carbonyl (C=O) groups excluding carboxylic acids is 4. The first-order valence-electron chi connectivity index (χ1n) is 21.2. The minimum Gasteiger partial charge on any atom is -0.453 e. The first kappa shape index (κ1) is 40.0. The fourth-order valence-corrected chi connectivity index (χ4v) is 9.90. The number of amides is 4. The van der Waals surface area contributed by atoms with Crippen molar-refractivity contribution in [3.05, 3.63) is 97.4 Å². The highest BCUT2D eigenvalue weighted by molar-refractivity contribution is 5.91. The quantitative estimate of drug-likeness (QED) is 0.0982. The van der Waals surface area contributed by atoms with Crippen LogP contribution < -0.4 is 10.6 Å². The number of nitrogens with zero attached hydrogens (tertiary/aromatic N) is 4. The molecular formula is C47H52N8O6. The summed E-state index contributed by atoms with van der Waals surface area (Å²) in [4.78, 5) is 72.1. The van der Waals surface area contributed by atoms with Gasteiger partial charge in [0.15, 0.2) is 0 Å². The Bertz CT molecular complexity index is 2500. The third-order valence-corrected chi connectivity index (χ3v) is 13.4.